The molecule has 2 N–H and O–H groups in total. The summed E-state index contributed by atoms with van der Waals surface area (Å²) in [6, 6.07) is 1.30. The first-order valence-electron chi connectivity index (χ1n) is 5.72. The molecule has 2 atom stereocenters. The Hall–Kier alpha value is -1.90. The number of nitrogens with one attached hydrogen (secondary N) is 1. The Labute approximate surface area is 112 Å². The maximum Gasteiger partial charge on any atom is 0.435 e. The standard InChI is InChI=1S/C11H12F3N3O3/c1-10(9(18)19)5-20-4-7(10)15-8-3-2-6(16-17-8)11(12,13)14/h2-3,7H,4-5H2,1H3,(H,15,17)(H,18,19). The topological polar surface area (TPSA) is 84.3 Å². The fraction of sp³-hybridized carbons (Fsp3) is 0.545. The molecule has 0 aromatic carbocycles. The second kappa shape index (κ2) is 4.89. The molecule has 2 heterocycles. The Morgan fingerprint density at radius 3 is 2.70 bits per heavy atom. The van der Waals surface area contributed by atoms with Crippen LogP contribution in [0.25, 0.3) is 0 Å². The van der Waals surface area contributed by atoms with Crippen LogP contribution in [-0.4, -0.2) is 40.5 Å². The van der Waals surface area contributed by atoms with Crippen molar-refractivity contribution < 1.29 is 27.8 Å². The van der Waals surface area contributed by atoms with Gasteiger partial charge >= 0.3 is 12.1 Å². The molecule has 1 aromatic rings. The lowest BCUT2D eigenvalue weighted by atomic mass is 9.85. The van der Waals surface area contributed by atoms with Gasteiger partial charge in [0, 0.05) is 0 Å². The third-order valence-corrected chi connectivity index (χ3v) is 3.22. The number of aromatic nitrogens is 2. The predicted molar refractivity (Wildman–Crippen MR) is 61.0 cm³/mol. The van der Waals surface area contributed by atoms with Crippen molar-refractivity contribution in [1.29, 1.82) is 0 Å². The van der Waals surface area contributed by atoms with Crippen molar-refractivity contribution in [3.63, 3.8) is 0 Å². The van der Waals surface area contributed by atoms with Gasteiger partial charge in [-0.3, -0.25) is 4.79 Å². The number of ether oxygens (including phenoxy) is 1. The third-order valence-electron chi connectivity index (χ3n) is 3.22. The minimum atomic E-state index is -4.56. The van der Waals surface area contributed by atoms with E-state index in [1.807, 2.05) is 0 Å². The van der Waals surface area contributed by atoms with Gasteiger partial charge in [-0.25, -0.2) is 0 Å². The molecule has 2 unspecified atom stereocenters. The molecule has 0 amide bonds. The van der Waals surface area contributed by atoms with Crippen molar-refractivity contribution in [2.45, 2.75) is 19.1 Å². The summed E-state index contributed by atoms with van der Waals surface area (Å²) in [5, 5.41) is 18.4. The highest BCUT2D eigenvalue weighted by Crippen LogP contribution is 2.31. The van der Waals surface area contributed by atoms with E-state index in [1.165, 1.54) is 6.92 Å². The minimum absolute atomic E-state index is 0.0219. The number of hydrogen-bond acceptors (Lipinski definition) is 5. The maximum atomic E-state index is 12.3. The number of carboxylic acid groups (broad SMARTS) is 1. The molecule has 0 saturated carbocycles. The van der Waals surface area contributed by atoms with Gasteiger partial charge in [-0.15, -0.1) is 10.2 Å². The average molecular weight is 291 g/mol. The highest BCUT2D eigenvalue weighted by molar-refractivity contribution is 5.76. The molecular formula is C11H12F3N3O3. The summed E-state index contributed by atoms with van der Waals surface area (Å²) < 4.78 is 42.1. The van der Waals surface area contributed by atoms with Gasteiger partial charge < -0.3 is 15.2 Å². The van der Waals surface area contributed by atoms with E-state index in [4.69, 9.17) is 9.84 Å². The Bertz CT molecular complexity index is 506. The normalized spacial score (nSPS) is 26.5. The molecule has 1 aliphatic rings. The number of aliphatic carboxylic acids is 1. The lowest BCUT2D eigenvalue weighted by molar-refractivity contribution is -0.148. The van der Waals surface area contributed by atoms with E-state index < -0.39 is 29.3 Å². The van der Waals surface area contributed by atoms with Crippen LogP contribution in [0.1, 0.15) is 12.6 Å². The fourth-order valence-corrected chi connectivity index (χ4v) is 1.82. The maximum absolute atomic E-state index is 12.3. The van der Waals surface area contributed by atoms with E-state index in [9.17, 15) is 18.0 Å². The van der Waals surface area contributed by atoms with Crippen LogP contribution in [0.4, 0.5) is 19.0 Å². The average Bonchev–Trinajstić information content (AvgIpc) is 2.72. The van der Waals surface area contributed by atoms with Gasteiger partial charge in [0.15, 0.2) is 5.69 Å². The van der Waals surface area contributed by atoms with E-state index in [0.717, 1.165) is 12.1 Å². The Morgan fingerprint density at radius 2 is 2.20 bits per heavy atom. The number of anilines is 1. The van der Waals surface area contributed by atoms with Crippen LogP contribution in [0.3, 0.4) is 0 Å². The minimum Gasteiger partial charge on any atom is -0.481 e. The molecule has 0 bridgehead atoms. The van der Waals surface area contributed by atoms with E-state index in [0.29, 0.717) is 0 Å². The molecule has 1 fully saturated rings. The first-order valence-corrected chi connectivity index (χ1v) is 5.72. The van der Waals surface area contributed by atoms with Crippen molar-refractivity contribution in [1.82, 2.24) is 10.2 Å². The summed E-state index contributed by atoms with van der Waals surface area (Å²) in [6.07, 6.45) is -4.56. The van der Waals surface area contributed by atoms with Crippen molar-refractivity contribution in [3.8, 4) is 0 Å². The van der Waals surface area contributed by atoms with Crippen molar-refractivity contribution in [2.24, 2.45) is 5.41 Å². The highest BCUT2D eigenvalue weighted by Gasteiger charge is 2.47. The van der Waals surface area contributed by atoms with E-state index in [2.05, 4.69) is 15.5 Å². The molecule has 0 spiro atoms. The molecule has 0 radical (unpaired) electrons. The van der Waals surface area contributed by atoms with Crippen LogP contribution in [0.2, 0.25) is 0 Å². The summed E-state index contributed by atoms with van der Waals surface area (Å²) in [6.45, 7) is 1.65. The first-order chi connectivity index (χ1) is 9.23. The molecule has 110 valence electrons. The second-order valence-corrected chi connectivity index (χ2v) is 4.74. The van der Waals surface area contributed by atoms with Gasteiger partial charge in [-0.05, 0) is 19.1 Å². The molecule has 0 aliphatic carbocycles. The Balaban J connectivity index is 2.13. The zero-order valence-electron chi connectivity index (χ0n) is 10.4. The van der Waals surface area contributed by atoms with Crippen LogP contribution < -0.4 is 5.32 Å². The number of hydrogen-bond donors (Lipinski definition) is 2. The lowest BCUT2D eigenvalue weighted by Gasteiger charge is -2.25. The molecule has 1 aliphatic heterocycles. The number of nitrogens with zero attached hydrogens (tertiary/aromatic N) is 2. The highest BCUT2D eigenvalue weighted by atomic mass is 19.4. The van der Waals surface area contributed by atoms with Crippen LogP contribution in [0.15, 0.2) is 12.1 Å². The second-order valence-electron chi connectivity index (χ2n) is 4.74. The molecular weight excluding hydrogens is 279 g/mol. The molecule has 1 saturated heterocycles. The first kappa shape index (κ1) is 14.5. The SMILES string of the molecule is CC1(C(=O)O)COCC1Nc1ccc(C(F)(F)F)nn1. The lowest BCUT2D eigenvalue weighted by Crippen LogP contribution is -2.43. The van der Waals surface area contributed by atoms with Gasteiger partial charge in [0.05, 0.1) is 19.3 Å². The van der Waals surface area contributed by atoms with Gasteiger partial charge in [0.1, 0.15) is 11.2 Å². The predicted octanol–water partition coefficient (Wildman–Crippen LogP) is 1.40. The number of carbonyl (C=O) groups is 1. The summed E-state index contributed by atoms with van der Waals surface area (Å²) in [4.78, 5) is 11.2. The Kier molecular flexibility index (Phi) is 3.55. The van der Waals surface area contributed by atoms with Gasteiger partial charge in [-0.1, -0.05) is 0 Å². The van der Waals surface area contributed by atoms with Gasteiger partial charge in [-0.2, -0.15) is 13.2 Å². The molecule has 2 rings (SSSR count). The smallest absolute Gasteiger partial charge is 0.435 e. The summed E-state index contributed by atoms with van der Waals surface area (Å²) in [5.74, 6) is -0.978. The quantitative estimate of drug-likeness (QED) is 0.875. The number of alkyl halides is 3. The number of halogens is 3. The zero-order chi connectivity index (χ0) is 15.0. The molecule has 6 nitrogen and oxygen atoms in total. The summed E-state index contributed by atoms with van der Waals surface area (Å²) in [7, 11) is 0. The molecule has 1 aromatic heterocycles. The Morgan fingerprint density at radius 1 is 1.50 bits per heavy atom. The van der Waals surface area contributed by atoms with E-state index in [-0.39, 0.29) is 19.0 Å². The van der Waals surface area contributed by atoms with Gasteiger partial charge in [0.2, 0.25) is 0 Å². The third kappa shape index (κ3) is 2.67. The van der Waals surface area contributed by atoms with Crippen molar-refractivity contribution in [2.75, 3.05) is 18.5 Å². The van der Waals surface area contributed by atoms with E-state index in [1.54, 1.807) is 0 Å². The molecule has 20 heavy (non-hydrogen) atoms. The van der Waals surface area contributed by atoms with Crippen LogP contribution in [0, 0.1) is 5.41 Å². The number of carboxylic acids is 1. The van der Waals surface area contributed by atoms with Crippen LogP contribution in [0.5, 0.6) is 0 Å². The largest absolute Gasteiger partial charge is 0.481 e. The fourth-order valence-electron chi connectivity index (χ4n) is 1.82. The zero-order valence-corrected chi connectivity index (χ0v) is 10.4. The molecule has 9 heteroatoms. The van der Waals surface area contributed by atoms with Crippen molar-refractivity contribution >= 4 is 11.8 Å². The van der Waals surface area contributed by atoms with Gasteiger partial charge in [0.25, 0.3) is 0 Å². The van der Waals surface area contributed by atoms with Crippen LogP contribution >= 0.6 is 0 Å². The van der Waals surface area contributed by atoms with Crippen LogP contribution in [-0.2, 0) is 15.7 Å². The monoisotopic (exact) mass is 291 g/mol. The van der Waals surface area contributed by atoms with Crippen molar-refractivity contribution in [3.05, 3.63) is 17.8 Å². The van der Waals surface area contributed by atoms with E-state index >= 15 is 0 Å². The summed E-state index contributed by atoms with van der Waals surface area (Å²) in [5.41, 5.74) is -2.27. The summed E-state index contributed by atoms with van der Waals surface area (Å²) >= 11 is 0. The number of rotatable bonds is 3.